The zero-order chi connectivity index (χ0) is 56.3. The molecule has 428 valence electrons. The molecule has 6 heterocycles. The van der Waals surface area contributed by atoms with Crippen molar-refractivity contribution in [2.45, 2.75) is 185 Å². The zero-order valence-electron chi connectivity index (χ0n) is 47.0. The highest BCUT2D eigenvalue weighted by Crippen LogP contribution is 2.70. The van der Waals surface area contributed by atoms with Crippen LogP contribution in [0.2, 0.25) is 0 Å². The number of carbonyl (C=O) groups is 4. The average Bonchev–Trinajstić information content (AvgIpc) is 3.21. The van der Waals surface area contributed by atoms with Crippen LogP contribution in [0.3, 0.4) is 0 Å². The molecule has 79 heavy (non-hydrogen) atoms. The first kappa shape index (κ1) is 57.0. The Morgan fingerprint density at radius 1 is 0.823 bits per heavy atom. The van der Waals surface area contributed by atoms with Crippen LogP contribution in [0.4, 0.5) is 0 Å². The summed E-state index contributed by atoms with van der Waals surface area (Å²) >= 11 is 0. The first-order valence-corrected chi connectivity index (χ1v) is 28.5. The van der Waals surface area contributed by atoms with Crippen molar-refractivity contribution in [3.05, 3.63) is 87.5 Å². The zero-order valence-corrected chi connectivity index (χ0v) is 47.0. The summed E-state index contributed by atoms with van der Waals surface area (Å²) in [5.41, 5.74) is 5.24. The Morgan fingerprint density at radius 2 is 1.49 bits per heavy atom. The molecule has 0 aromatic heterocycles. The predicted molar refractivity (Wildman–Crippen MR) is 292 cm³/mol. The summed E-state index contributed by atoms with van der Waals surface area (Å²) in [5.74, 6) is -3.29. The van der Waals surface area contributed by atoms with Gasteiger partial charge in [0.2, 0.25) is 6.29 Å². The van der Waals surface area contributed by atoms with Gasteiger partial charge in [0.05, 0.1) is 29.3 Å². The number of allylic oxidation sites excluding steroid dienone is 4. The number of rotatable bonds is 16. The summed E-state index contributed by atoms with van der Waals surface area (Å²) in [7, 11) is 0. The van der Waals surface area contributed by atoms with Gasteiger partial charge in [-0.25, -0.2) is 14.8 Å². The van der Waals surface area contributed by atoms with Crippen LogP contribution in [-0.4, -0.2) is 146 Å². The molecule has 12 atom stereocenters. The van der Waals surface area contributed by atoms with Gasteiger partial charge in [-0.3, -0.25) is 25.2 Å². The minimum Gasteiger partial charge on any atom is -0.482 e. The van der Waals surface area contributed by atoms with Crippen LogP contribution in [0.25, 0.3) is 6.08 Å². The summed E-state index contributed by atoms with van der Waals surface area (Å²) in [5, 5.41) is 45.2. The second-order valence-corrected chi connectivity index (χ2v) is 24.3. The molecule has 3 saturated carbocycles. The maximum Gasteiger partial charge on any atom is 0.343 e. The largest absolute Gasteiger partial charge is 0.482 e. The molecule has 3 aliphatic carbocycles. The van der Waals surface area contributed by atoms with Crippen molar-refractivity contribution >= 4 is 29.5 Å². The molecule has 4 saturated heterocycles. The fourth-order valence-electron chi connectivity index (χ4n) is 13.7. The van der Waals surface area contributed by atoms with E-state index in [4.69, 9.17) is 28.4 Å². The highest BCUT2D eigenvalue weighted by molar-refractivity contribution is 6.11. The van der Waals surface area contributed by atoms with E-state index in [1.807, 2.05) is 71.7 Å². The molecule has 6 aliphatic heterocycles. The Balaban J connectivity index is 1.12. The number of carbonyl (C=O) groups excluding carboxylic acids is 4. The number of ketones is 2. The molecule has 1 amide bonds. The molecule has 4 bridgehead atoms. The van der Waals surface area contributed by atoms with Gasteiger partial charge in [0, 0.05) is 61.6 Å². The standard InChI is InChI=1S/C61H80N4O14/c1-34(2)16-15-25-59(8)26-24-40-51(77-59)39(22-17-35(3)4)53-44(52(40)76-56(73)37-18-20-38(21-19-37)74-57-50(70)49(69)47(67)42(33-66)75-57)48(68)45-46(62-64-28-11-9-12-29-64)41-32-43-58(6,7)79-60(54(41)71,61(43,45)78-53)27-23-36(5)55(72)63-65-30-13-10-14-31-65/h16-21,23-24,26,41-43,45-47,49-50,57,62,66-67,69-70H,9-15,22,25,27-33H2,1-8H3,(H,63,72)/b36-23-/t41?,42-,43?,45?,46?,47-,49-,50-,57-,59?,60?,61?/m1/s1. The van der Waals surface area contributed by atoms with Crippen molar-refractivity contribution < 1.29 is 68.0 Å². The van der Waals surface area contributed by atoms with Gasteiger partial charge in [0.1, 0.15) is 52.8 Å². The minimum absolute atomic E-state index is 0.0368. The molecule has 1 spiro atoms. The smallest absolute Gasteiger partial charge is 0.343 e. The van der Waals surface area contributed by atoms with E-state index in [0.29, 0.717) is 41.7 Å². The molecule has 6 N–H and O–H groups in total. The maximum atomic E-state index is 16.8. The molecule has 7 unspecified atom stereocenters. The Bertz CT molecular complexity index is 2820. The van der Waals surface area contributed by atoms with Gasteiger partial charge in [-0.2, -0.15) is 0 Å². The topological polar surface area (TPSA) is 235 Å². The second-order valence-electron chi connectivity index (χ2n) is 24.3. The molecule has 2 aromatic carbocycles. The Hall–Kier alpha value is -5.28. The molecule has 18 heteroatoms. The summed E-state index contributed by atoms with van der Waals surface area (Å²) in [6.45, 7) is 18.0. The number of hydrazine groups is 2. The normalized spacial score (nSPS) is 33.6. The van der Waals surface area contributed by atoms with Gasteiger partial charge >= 0.3 is 5.97 Å². The van der Waals surface area contributed by atoms with Gasteiger partial charge in [0.15, 0.2) is 28.5 Å². The van der Waals surface area contributed by atoms with E-state index in [9.17, 15) is 30.0 Å². The fraction of sp³-hybridized carbons (Fsp3) is 0.607. The third-order valence-corrected chi connectivity index (χ3v) is 17.8. The minimum atomic E-state index is -1.73. The highest BCUT2D eigenvalue weighted by atomic mass is 16.7. The van der Waals surface area contributed by atoms with E-state index >= 15 is 9.59 Å². The number of piperidine rings is 2. The van der Waals surface area contributed by atoms with Gasteiger partial charge in [-0.15, -0.1) is 0 Å². The van der Waals surface area contributed by atoms with Crippen LogP contribution in [0.1, 0.15) is 151 Å². The number of Topliss-reactive ketones (excluding diaryl/α,β-unsaturated/α-hetero) is 2. The van der Waals surface area contributed by atoms with Crippen molar-refractivity contribution in [2.24, 2.45) is 17.8 Å². The van der Waals surface area contributed by atoms with Crippen molar-refractivity contribution in [1.29, 1.82) is 0 Å². The van der Waals surface area contributed by atoms with Gasteiger partial charge in [0.25, 0.3) is 5.91 Å². The Kier molecular flexibility index (Phi) is 16.0. The van der Waals surface area contributed by atoms with Crippen LogP contribution >= 0.6 is 0 Å². The number of nitrogens with zero attached hydrogens (tertiary/aromatic N) is 2. The lowest BCUT2D eigenvalue weighted by Crippen LogP contribution is -2.82. The first-order chi connectivity index (χ1) is 37.6. The number of hydrogen-bond donors (Lipinski definition) is 6. The number of fused-ring (bicyclic) bond motifs is 2. The second kappa shape index (κ2) is 22.2. The van der Waals surface area contributed by atoms with E-state index in [-0.39, 0.29) is 58.7 Å². The van der Waals surface area contributed by atoms with Crippen LogP contribution in [0.15, 0.2) is 65.3 Å². The third-order valence-electron chi connectivity index (χ3n) is 17.8. The highest BCUT2D eigenvalue weighted by Gasteiger charge is 2.85. The summed E-state index contributed by atoms with van der Waals surface area (Å²) < 4.78 is 40.3. The van der Waals surface area contributed by atoms with E-state index in [0.717, 1.165) is 75.9 Å². The monoisotopic (exact) mass is 1090 g/mol. The molecule has 9 aliphatic rings. The fourth-order valence-corrected chi connectivity index (χ4v) is 13.7. The number of aliphatic hydroxyl groups excluding tert-OH is 4. The van der Waals surface area contributed by atoms with Crippen molar-refractivity contribution in [3.63, 3.8) is 0 Å². The van der Waals surface area contributed by atoms with Gasteiger partial charge < -0.3 is 48.8 Å². The van der Waals surface area contributed by atoms with Crippen LogP contribution in [-0.2, 0) is 25.5 Å². The summed E-state index contributed by atoms with van der Waals surface area (Å²) in [4.78, 5) is 61.4. The van der Waals surface area contributed by atoms with Crippen LogP contribution in [0.5, 0.6) is 23.0 Å². The van der Waals surface area contributed by atoms with E-state index in [1.54, 1.807) is 13.0 Å². The maximum absolute atomic E-state index is 16.8. The Morgan fingerprint density at radius 3 is 2.15 bits per heavy atom. The van der Waals surface area contributed by atoms with Crippen molar-refractivity contribution in [1.82, 2.24) is 20.9 Å². The molecule has 2 aromatic rings. The van der Waals surface area contributed by atoms with Gasteiger partial charge in [-0.05, 0) is 143 Å². The molecule has 11 rings (SSSR count). The lowest BCUT2D eigenvalue weighted by molar-refractivity contribution is -0.277. The van der Waals surface area contributed by atoms with E-state index in [2.05, 4.69) is 21.9 Å². The van der Waals surface area contributed by atoms with Crippen molar-refractivity contribution in [2.75, 3.05) is 32.8 Å². The average molecular weight is 1090 g/mol. The molecule has 18 nitrogen and oxygen atoms in total. The van der Waals surface area contributed by atoms with E-state index in [1.165, 1.54) is 24.3 Å². The first-order valence-electron chi connectivity index (χ1n) is 28.5. The van der Waals surface area contributed by atoms with Crippen molar-refractivity contribution in [3.8, 4) is 23.0 Å². The predicted octanol–water partition coefficient (Wildman–Crippen LogP) is 6.41. The summed E-state index contributed by atoms with van der Waals surface area (Å²) in [6.07, 6.45) is 10.1. The summed E-state index contributed by atoms with van der Waals surface area (Å²) in [6, 6.07) is 5.04. The molecule has 0 radical (unpaired) electrons. The molecular formula is C61H80N4O14. The van der Waals surface area contributed by atoms with Crippen LogP contribution < -0.4 is 29.8 Å². The number of nitrogens with one attached hydrogen (secondary N) is 2. The third kappa shape index (κ3) is 10.3. The number of hydrogen-bond acceptors (Lipinski definition) is 17. The molecular weight excluding hydrogens is 1010 g/mol. The number of amides is 1. The number of ether oxygens (including phenoxy) is 6. The van der Waals surface area contributed by atoms with Gasteiger partial charge in [-0.1, -0.05) is 42.2 Å². The number of aliphatic hydroxyl groups is 4. The number of benzene rings is 2. The quantitative estimate of drug-likeness (QED) is 0.0461. The van der Waals surface area contributed by atoms with Crippen LogP contribution in [0, 0.1) is 17.8 Å². The number of esters is 1. The lowest BCUT2D eigenvalue weighted by atomic mass is 9.45. The SMILES string of the molecule is CC(C)=CCCC1(C)C=Cc2c(c(CC=C(C)C)c3c(c2OC(=O)c2ccc(O[C@@H]4O[C@H](CO)[C@@H](O)[C@@H](O)[C@H]4O)cc2)C(=O)C2C(NN4CCCCC4)C4CC5C(C)(C)OC(C/C=C(/C)C(=O)NN6CCCCC6)(C4=O)C25O3)O1. The molecule has 7 fully saturated rings. The Labute approximate surface area is 463 Å². The van der Waals surface area contributed by atoms with E-state index < -0.39 is 89.5 Å². The lowest BCUT2D eigenvalue weighted by Gasteiger charge is -2.63.